The van der Waals surface area contributed by atoms with Crippen molar-refractivity contribution in [1.82, 2.24) is 9.88 Å². The molecule has 1 saturated carbocycles. The van der Waals surface area contributed by atoms with Crippen molar-refractivity contribution in [1.29, 1.82) is 0 Å². The Labute approximate surface area is 163 Å². The second kappa shape index (κ2) is 6.22. The van der Waals surface area contributed by atoms with Crippen molar-refractivity contribution in [2.75, 3.05) is 31.2 Å². The number of pyridine rings is 1. The second-order valence-corrected chi connectivity index (χ2v) is 8.32. The number of carbonyl (C=O) groups is 1. The number of hydrogen-bond acceptors (Lipinski definition) is 4. The number of carboxylic acids is 1. The fraction of sp³-hybridized carbons (Fsp3) is 0.500. The summed E-state index contributed by atoms with van der Waals surface area (Å²) in [7, 11) is 0. The SMILES string of the molecule is O=C(O)c1cn(C2CC2)c2c(F)c(N3CCC4(CF)CNCC34)c(F)cc2c1=O. The molecule has 1 aromatic carbocycles. The molecule has 2 aliphatic heterocycles. The van der Waals surface area contributed by atoms with Crippen LogP contribution in [0.3, 0.4) is 0 Å². The van der Waals surface area contributed by atoms with Crippen LogP contribution >= 0.6 is 0 Å². The van der Waals surface area contributed by atoms with E-state index in [1.54, 1.807) is 4.90 Å². The summed E-state index contributed by atoms with van der Waals surface area (Å²) in [5.41, 5.74) is -2.43. The van der Waals surface area contributed by atoms with E-state index in [4.69, 9.17) is 0 Å². The van der Waals surface area contributed by atoms with Crippen LogP contribution in [0, 0.1) is 17.0 Å². The molecular weight excluding hydrogens is 387 g/mol. The zero-order valence-corrected chi connectivity index (χ0v) is 15.6. The molecule has 2 unspecified atom stereocenters. The lowest BCUT2D eigenvalue weighted by Crippen LogP contribution is -2.41. The van der Waals surface area contributed by atoms with Crippen molar-refractivity contribution in [2.45, 2.75) is 31.3 Å². The summed E-state index contributed by atoms with van der Waals surface area (Å²) in [6, 6.07) is 0.424. The van der Waals surface area contributed by atoms with Gasteiger partial charge in [-0.2, -0.15) is 0 Å². The van der Waals surface area contributed by atoms with Crippen molar-refractivity contribution < 1.29 is 23.1 Å². The van der Waals surface area contributed by atoms with Crippen molar-refractivity contribution in [3.05, 3.63) is 39.7 Å². The predicted octanol–water partition coefficient (Wildman–Crippen LogP) is 2.45. The molecule has 2 N–H and O–H groups in total. The maximum Gasteiger partial charge on any atom is 0.341 e. The van der Waals surface area contributed by atoms with Crippen LogP contribution in [-0.4, -0.2) is 48.0 Å². The monoisotopic (exact) mass is 407 g/mol. The van der Waals surface area contributed by atoms with Gasteiger partial charge in [-0.25, -0.2) is 13.6 Å². The van der Waals surface area contributed by atoms with E-state index >= 15 is 8.78 Å². The van der Waals surface area contributed by atoms with E-state index in [-0.39, 0.29) is 28.7 Å². The van der Waals surface area contributed by atoms with Gasteiger partial charge < -0.3 is 19.9 Å². The Bertz CT molecular complexity index is 1100. The molecular formula is C20H20F3N3O3. The Morgan fingerprint density at radius 3 is 2.76 bits per heavy atom. The third-order valence-corrected chi connectivity index (χ3v) is 6.66. The summed E-state index contributed by atoms with van der Waals surface area (Å²) in [5.74, 6) is -3.25. The topological polar surface area (TPSA) is 74.6 Å². The van der Waals surface area contributed by atoms with E-state index < -0.39 is 40.7 Å². The fourth-order valence-electron chi connectivity index (χ4n) is 4.95. The molecule has 154 valence electrons. The van der Waals surface area contributed by atoms with Gasteiger partial charge >= 0.3 is 5.97 Å². The van der Waals surface area contributed by atoms with E-state index in [9.17, 15) is 19.1 Å². The van der Waals surface area contributed by atoms with Crippen LogP contribution in [0.2, 0.25) is 0 Å². The number of fused-ring (bicyclic) bond motifs is 2. The van der Waals surface area contributed by atoms with Gasteiger partial charge in [0, 0.05) is 37.3 Å². The van der Waals surface area contributed by atoms with E-state index in [1.807, 2.05) is 0 Å². The van der Waals surface area contributed by atoms with Crippen molar-refractivity contribution in [3.8, 4) is 0 Å². The van der Waals surface area contributed by atoms with Gasteiger partial charge in [0.05, 0.1) is 23.6 Å². The highest BCUT2D eigenvalue weighted by molar-refractivity contribution is 5.94. The lowest BCUT2D eigenvalue weighted by Gasteiger charge is -2.31. The summed E-state index contributed by atoms with van der Waals surface area (Å²) in [5, 5.41) is 12.2. The predicted molar refractivity (Wildman–Crippen MR) is 100 cm³/mol. The van der Waals surface area contributed by atoms with Gasteiger partial charge in [0.2, 0.25) is 5.43 Å². The van der Waals surface area contributed by atoms with E-state index in [2.05, 4.69) is 5.32 Å². The highest BCUT2D eigenvalue weighted by atomic mass is 19.1. The zero-order chi connectivity index (χ0) is 20.5. The van der Waals surface area contributed by atoms with Crippen molar-refractivity contribution in [3.63, 3.8) is 0 Å². The molecule has 0 radical (unpaired) electrons. The third-order valence-electron chi connectivity index (χ3n) is 6.66. The molecule has 9 heteroatoms. The molecule has 0 bridgehead atoms. The average molecular weight is 407 g/mol. The number of rotatable bonds is 4. The van der Waals surface area contributed by atoms with Gasteiger partial charge in [-0.1, -0.05) is 0 Å². The smallest absolute Gasteiger partial charge is 0.341 e. The molecule has 2 saturated heterocycles. The molecule has 0 amide bonds. The normalized spacial score (nSPS) is 26.3. The maximum atomic E-state index is 15.7. The summed E-state index contributed by atoms with van der Waals surface area (Å²) >= 11 is 0. The first-order valence-corrected chi connectivity index (χ1v) is 9.71. The van der Waals surface area contributed by atoms with Crippen LogP contribution in [0.5, 0.6) is 0 Å². The number of nitrogens with zero attached hydrogens (tertiary/aromatic N) is 2. The number of halogens is 3. The molecule has 1 aromatic heterocycles. The first kappa shape index (κ1) is 18.5. The maximum absolute atomic E-state index is 15.7. The highest BCUT2D eigenvalue weighted by Gasteiger charge is 2.52. The van der Waals surface area contributed by atoms with Crippen LogP contribution < -0.4 is 15.6 Å². The van der Waals surface area contributed by atoms with Crippen molar-refractivity contribution in [2.24, 2.45) is 5.41 Å². The van der Waals surface area contributed by atoms with Crippen LogP contribution in [0.4, 0.5) is 18.9 Å². The summed E-state index contributed by atoms with van der Waals surface area (Å²) in [4.78, 5) is 25.6. The number of benzene rings is 1. The number of aromatic nitrogens is 1. The number of anilines is 1. The zero-order valence-electron chi connectivity index (χ0n) is 15.6. The minimum atomic E-state index is -1.43. The van der Waals surface area contributed by atoms with Gasteiger partial charge in [-0.15, -0.1) is 0 Å². The molecule has 3 aliphatic rings. The molecule has 5 rings (SSSR count). The Morgan fingerprint density at radius 2 is 2.10 bits per heavy atom. The lowest BCUT2D eigenvalue weighted by molar-refractivity contribution is 0.0694. The first-order valence-electron chi connectivity index (χ1n) is 9.71. The van der Waals surface area contributed by atoms with E-state index in [1.165, 1.54) is 4.57 Å². The molecule has 6 nitrogen and oxygen atoms in total. The summed E-state index contributed by atoms with van der Waals surface area (Å²) < 4.78 is 46.0. The number of hydrogen-bond donors (Lipinski definition) is 2. The number of aromatic carboxylic acids is 1. The Morgan fingerprint density at radius 1 is 1.34 bits per heavy atom. The Kier molecular flexibility index (Phi) is 3.96. The molecule has 2 atom stereocenters. The quantitative estimate of drug-likeness (QED) is 0.815. The van der Waals surface area contributed by atoms with Crippen molar-refractivity contribution >= 4 is 22.6 Å². The van der Waals surface area contributed by atoms with Crippen LogP contribution in [0.1, 0.15) is 35.7 Å². The van der Waals surface area contributed by atoms with Crippen LogP contribution in [0.25, 0.3) is 10.9 Å². The standard InChI is InChI=1S/C20H20F3N3O3/c21-8-20-3-4-25(14(20)6-24-9-20)17-13(22)5-11-16(15(17)23)26(10-1-2-10)7-12(18(11)27)19(28)29/h5,7,10,14,24H,1-4,6,8-9H2,(H,28,29). The molecule has 29 heavy (non-hydrogen) atoms. The highest BCUT2D eigenvalue weighted by Crippen LogP contribution is 2.45. The van der Waals surface area contributed by atoms with Gasteiger partial charge in [-0.3, -0.25) is 9.18 Å². The van der Waals surface area contributed by atoms with Gasteiger partial charge in [0.25, 0.3) is 0 Å². The number of alkyl halides is 1. The molecule has 0 spiro atoms. The Balaban J connectivity index is 1.75. The lowest BCUT2D eigenvalue weighted by atomic mass is 9.84. The van der Waals surface area contributed by atoms with Gasteiger partial charge in [0.1, 0.15) is 17.1 Å². The minimum absolute atomic E-state index is 0.0809. The average Bonchev–Trinajstić information content (AvgIpc) is 3.34. The molecule has 3 fully saturated rings. The molecule has 3 heterocycles. The summed E-state index contributed by atoms with van der Waals surface area (Å²) in [6.45, 7) is 0.619. The Hall–Kier alpha value is -2.55. The fourth-order valence-corrected chi connectivity index (χ4v) is 4.95. The van der Waals surface area contributed by atoms with Crippen LogP contribution in [-0.2, 0) is 0 Å². The van der Waals surface area contributed by atoms with Gasteiger partial charge in [-0.05, 0) is 25.3 Å². The van der Waals surface area contributed by atoms with E-state index in [0.29, 0.717) is 26.1 Å². The largest absolute Gasteiger partial charge is 0.477 e. The molecule has 2 aromatic rings. The summed E-state index contributed by atoms with van der Waals surface area (Å²) in [6.07, 6.45) is 3.09. The minimum Gasteiger partial charge on any atom is -0.477 e. The van der Waals surface area contributed by atoms with Gasteiger partial charge in [0.15, 0.2) is 5.82 Å². The molecule has 1 aliphatic carbocycles. The first-order chi connectivity index (χ1) is 13.9. The third kappa shape index (κ3) is 2.52. The second-order valence-electron chi connectivity index (χ2n) is 8.32. The number of nitrogens with one attached hydrogen (secondary N) is 1. The van der Waals surface area contributed by atoms with Crippen LogP contribution in [0.15, 0.2) is 17.1 Å². The van der Waals surface area contributed by atoms with E-state index in [0.717, 1.165) is 25.1 Å². The number of carboxylic acid groups (broad SMARTS) is 1.